The van der Waals surface area contributed by atoms with Crippen LogP contribution in [0.2, 0.25) is 0 Å². The van der Waals surface area contributed by atoms with E-state index in [-0.39, 0.29) is 51.3 Å². The first-order chi connectivity index (χ1) is 9.20. The van der Waals surface area contributed by atoms with Crippen LogP contribution in [-0.4, -0.2) is 93.4 Å². The normalized spacial score (nSPS) is 10.2. The monoisotopic (exact) mass is 456 g/mol. The van der Waals surface area contributed by atoms with Gasteiger partial charge in [-0.1, -0.05) is 0 Å². The molecule has 0 rings (SSSR count). The van der Waals surface area contributed by atoms with E-state index in [1.54, 1.807) is 0 Å². The van der Waals surface area contributed by atoms with Gasteiger partial charge in [-0.05, 0) is 0 Å². The number of rotatable bonds is 11. The number of carboxylic acids is 4. The van der Waals surface area contributed by atoms with Crippen molar-refractivity contribution in [3.05, 3.63) is 0 Å². The summed E-state index contributed by atoms with van der Waals surface area (Å²) in [6.07, 6.45) is 0. The third-order valence-electron chi connectivity index (χ3n) is 2.17. The van der Waals surface area contributed by atoms with Crippen molar-refractivity contribution in [2.45, 2.75) is 0 Å². The second-order valence-corrected chi connectivity index (χ2v) is 4.00. The maximum Gasteiger partial charge on any atom is 3.00 e. The Kier molecular flexibility index (Phi) is 12.5. The maximum absolute atomic E-state index is 10.6. The molecule has 10 nitrogen and oxygen atoms in total. The van der Waals surface area contributed by atoms with Crippen molar-refractivity contribution < 1.29 is 77.8 Å². The fraction of sp³-hybridized carbons (Fsp3) is 0.600. The fourth-order valence-corrected chi connectivity index (χ4v) is 1.48. The minimum atomic E-state index is -1.23. The zero-order chi connectivity index (χ0) is 15.7. The van der Waals surface area contributed by atoms with E-state index in [4.69, 9.17) is 20.4 Å². The summed E-state index contributed by atoms with van der Waals surface area (Å²) in [7, 11) is 0. The Morgan fingerprint density at radius 2 is 0.762 bits per heavy atom. The van der Waals surface area contributed by atoms with Gasteiger partial charge in [0.1, 0.15) is 0 Å². The van der Waals surface area contributed by atoms with Crippen molar-refractivity contribution in [3.63, 3.8) is 0 Å². The molecule has 121 valence electrons. The van der Waals surface area contributed by atoms with Gasteiger partial charge in [-0.3, -0.25) is 29.0 Å². The second kappa shape index (κ2) is 11.7. The molecule has 4 N–H and O–H groups in total. The molecule has 0 aliphatic heterocycles. The molecule has 0 heterocycles. The van der Waals surface area contributed by atoms with Crippen LogP contribution in [0.1, 0.15) is 0 Å². The zero-order valence-electron chi connectivity index (χ0n) is 10.9. The minimum absolute atomic E-state index is 0. The van der Waals surface area contributed by atoms with Crippen molar-refractivity contribution >= 4 is 23.9 Å². The van der Waals surface area contributed by atoms with Gasteiger partial charge in [-0.2, -0.15) is 0 Å². The molecule has 0 atom stereocenters. The molecule has 0 saturated carbocycles. The molecule has 0 aliphatic rings. The summed E-state index contributed by atoms with van der Waals surface area (Å²) in [5.74, 6) is -4.91. The Labute approximate surface area is 150 Å². The first kappa shape index (κ1) is 22.4. The Bertz CT molecular complexity index is 321. The van der Waals surface area contributed by atoms with E-state index in [9.17, 15) is 19.2 Å². The van der Waals surface area contributed by atoms with E-state index < -0.39 is 50.1 Å². The molecule has 0 aromatic carbocycles. The van der Waals surface area contributed by atoms with Gasteiger partial charge in [0.25, 0.3) is 0 Å². The summed E-state index contributed by atoms with van der Waals surface area (Å²) in [4.78, 5) is 44.4. The number of hydrogen-bond acceptors (Lipinski definition) is 6. The van der Waals surface area contributed by atoms with Gasteiger partial charge >= 0.3 is 62.1 Å². The molecule has 1 radical (unpaired) electrons. The molecule has 0 amide bonds. The van der Waals surface area contributed by atoms with Gasteiger partial charge in [0.15, 0.2) is 0 Å². The molecule has 0 spiro atoms. The summed E-state index contributed by atoms with van der Waals surface area (Å²) < 4.78 is 0. The van der Waals surface area contributed by atoms with E-state index >= 15 is 0 Å². The summed E-state index contributed by atoms with van der Waals surface area (Å²) in [6, 6.07) is 0. The predicted molar refractivity (Wildman–Crippen MR) is 63.4 cm³/mol. The Morgan fingerprint density at radius 3 is 0.905 bits per heavy atom. The van der Waals surface area contributed by atoms with E-state index in [0.29, 0.717) is 0 Å². The Morgan fingerprint density at radius 1 is 0.571 bits per heavy atom. The number of carbonyl (C=O) groups is 4. The molecule has 0 saturated heterocycles. The average Bonchev–Trinajstić information content (AvgIpc) is 2.22. The van der Waals surface area contributed by atoms with Gasteiger partial charge in [0, 0.05) is 13.1 Å². The predicted octanol–water partition coefficient (Wildman–Crippen LogP) is -2.07. The fourth-order valence-electron chi connectivity index (χ4n) is 1.48. The van der Waals surface area contributed by atoms with Crippen molar-refractivity contribution in [1.29, 1.82) is 0 Å². The quantitative estimate of drug-likeness (QED) is 0.273. The van der Waals surface area contributed by atoms with Crippen LogP contribution in [-0.2, 0) is 19.2 Å². The molecule has 11 heteroatoms. The van der Waals surface area contributed by atoms with Crippen LogP contribution in [0.25, 0.3) is 0 Å². The third kappa shape index (κ3) is 13.8. The van der Waals surface area contributed by atoms with Crippen LogP contribution < -0.4 is 0 Å². The molecule has 0 fully saturated rings. The van der Waals surface area contributed by atoms with Gasteiger partial charge in [0.05, 0.1) is 26.2 Å². The van der Waals surface area contributed by atoms with Crippen LogP contribution in [0.15, 0.2) is 0 Å². The van der Waals surface area contributed by atoms with E-state index in [1.807, 2.05) is 0 Å². The van der Waals surface area contributed by atoms with Crippen molar-refractivity contribution in [1.82, 2.24) is 9.80 Å². The van der Waals surface area contributed by atoms with Crippen LogP contribution >= 0.6 is 0 Å². The minimum Gasteiger partial charge on any atom is -0.480 e. The van der Waals surface area contributed by atoms with Crippen LogP contribution in [0, 0.1) is 38.2 Å². The summed E-state index contributed by atoms with van der Waals surface area (Å²) in [6.45, 7) is -2.25. The van der Waals surface area contributed by atoms with Gasteiger partial charge in [-0.15, -0.1) is 0 Å². The van der Waals surface area contributed by atoms with Crippen molar-refractivity contribution in [2.24, 2.45) is 0 Å². The number of nitrogens with zero attached hydrogens (tertiary/aromatic N) is 2. The third-order valence-corrected chi connectivity index (χ3v) is 2.17. The standard InChI is InChI=1S/C10H16N2O8.Dy/c13-7(14)3-11(4-8(15)16)1-2-12(5-9(17)18)6-10(19)20;/h1-6H2,(H,13,14)(H,15,16)(H,17,18)(H,19,20);/q;+3. The molecule has 0 aliphatic carbocycles. The van der Waals surface area contributed by atoms with Crippen molar-refractivity contribution in [3.8, 4) is 0 Å². The number of carboxylic acid groups (broad SMARTS) is 4. The summed E-state index contributed by atoms with van der Waals surface area (Å²) in [5.41, 5.74) is 0. The summed E-state index contributed by atoms with van der Waals surface area (Å²) >= 11 is 0. The molecule has 0 aromatic rings. The molecular formula is C10H16DyN2O8+3. The van der Waals surface area contributed by atoms with Gasteiger partial charge in [-0.25, -0.2) is 0 Å². The summed E-state index contributed by atoms with van der Waals surface area (Å²) in [5, 5.41) is 34.5. The molecular weight excluding hydrogens is 439 g/mol. The Hall–Kier alpha value is -0.927. The van der Waals surface area contributed by atoms with Crippen molar-refractivity contribution in [2.75, 3.05) is 39.3 Å². The van der Waals surface area contributed by atoms with Crippen LogP contribution in [0.4, 0.5) is 0 Å². The first-order valence-electron chi connectivity index (χ1n) is 5.52. The SMILES string of the molecule is O=C(O)CN(CCN(CC(=O)O)CC(=O)O)CC(=O)O.[Dy+3]. The van der Waals surface area contributed by atoms with E-state index in [1.165, 1.54) is 0 Å². The molecule has 0 unspecified atom stereocenters. The van der Waals surface area contributed by atoms with Crippen LogP contribution in [0.5, 0.6) is 0 Å². The second-order valence-electron chi connectivity index (χ2n) is 4.00. The number of aliphatic carboxylic acids is 4. The van der Waals surface area contributed by atoms with Gasteiger partial charge in [0.2, 0.25) is 0 Å². The van der Waals surface area contributed by atoms with E-state index in [2.05, 4.69) is 0 Å². The van der Waals surface area contributed by atoms with E-state index in [0.717, 1.165) is 9.80 Å². The number of hydrogen-bond donors (Lipinski definition) is 4. The average molecular weight is 455 g/mol. The zero-order valence-corrected chi connectivity index (χ0v) is 12.9. The largest absolute Gasteiger partial charge is 3.00 e. The smallest absolute Gasteiger partial charge is 0.480 e. The van der Waals surface area contributed by atoms with Gasteiger partial charge < -0.3 is 20.4 Å². The maximum atomic E-state index is 10.6. The van der Waals surface area contributed by atoms with Crippen LogP contribution in [0.3, 0.4) is 0 Å². The topological polar surface area (TPSA) is 156 Å². The molecule has 0 aromatic heterocycles. The molecule has 21 heavy (non-hydrogen) atoms. The Balaban J connectivity index is 0. The first-order valence-corrected chi connectivity index (χ1v) is 5.52. The molecule has 0 bridgehead atoms.